The molecule has 0 aliphatic carbocycles. The molecule has 0 aromatic carbocycles. The lowest BCUT2D eigenvalue weighted by molar-refractivity contribution is -0.141. The van der Waals surface area contributed by atoms with Gasteiger partial charge in [0, 0.05) is 13.3 Å². The van der Waals surface area contributed by atoms with E-state index in [1.54, 1.807) is 13.8 Å². The van der Waals surface area contributed by atoms with Gasteiger partial charge < -0.3 is 24.3 Å². The number of hydrogen-bond donors (Lipinski definition) is 1. The number of carbonyl (C=O) groups excluding carboxylic acids is 2. The van der Waals surface area contributed by atoms with Crippen LogP contribution in [0.25, 0.3) is 0 Å². The molecule has 7 heteroatoms. The van der Waals surface area contributed by atoms with Gasteiger partial charge in [0.25, 0.3) is 0 Å². The molecule has 0 aromatic rings. The van der Waals surface area contributed by atoms with Crippen molar-refractivity contribution in [3.05, 3.63) is 23.2 Å². The Bertz CT molecular complexity index is 440. The van der Waals surface area contributed by atoms with Crippen molar-refractivity contribution in [2.45, 2.75) is 20.0 Å². The number of dihydropyridines is 1. The highest BCUT2D eigenvalue weighted by Crippen LogP contribution is 2.24. The van der Waals surface area contributed by atoms with Crippen LogP contribution < -0.4 is 5.32 Å². The van der Waals surface area contributed by atoms with E-state index in [0.29, 0.717) is 0 Å². The number of rotatable bonds is 6. The molecule has 1 aliphatic rings. The maximum absolute atomic E-state index is 12.0. The summed E-state index contributed by atoms with van der Waals surface area (Å²) in [6, 6.07) is 0. The highest BCUT2D eigenvalue weighted by atomic mass is 16.5. The highest BCUT2D eigenvalue weighted by molar-refractivity contribution is 5.98. The van der Waals surface area contributed by atoms with Crippen LogP contribution in [0.3, 0.4) is 0 Å². The van der Waals surface area contributed by atoms with Crippen LogP contribution in [0.1, 0.15) is 13.8 Å². The van der Waals surface area contributed by atoms with Crippen molar-refractivity contribution in [2.24, 2.45) is 0 Å². The van der Waals surface area contributed by atoms with Crippen molar-refractivity contribution in [1.29, 1.82) is 0 Å². The van der Waals surface area contributed by atoms with Gasteiger partial charge in [0.05, 0.1) is 25.9 Å². The van der Waals surface area contributed by atoms with Gasteiger partial charge in [-0.05, 0) is 13.8 Å². The molecule has 1 rings (SSSR count). The maximum atomic E-state index is 12.0. The third-order valence-corrected chi connectivity index (χ3v) is 2.59. The summed E-state index contributed by atoms with van der Waals surface area (Å²) in [5.41, 5.74) is 0.278. The lowest BCUT2D eigenvalue weighted by Crippen LogP contribution is -2.36. The zero-order valence-electron chi connectivity index (χ0n) is 12.0. The van der Waals surface area contributed by atoms with Crippen LogP contribution in [0.15, 0.2) is 23.2 Å². The topological polar surface area (TPSA) is 83.1 Å². The molecule has 1 N–H and O–H groups in total. The summed E-state index contributed by atoms with van der Waals surface area (Å²) in [5, 5.41) is 2.73. The minimum Gasteiger partial charge on any atom is -0.482 e. The molecule has 1 aliphatic heterocycles. The molecule has 1 atom stereocenters. The first-order valence-electron chi connectivity index (χ1n) is 6.22. The average molecular weight is 285 g/mol. The number of carbonyl (C=O) groups is 2. The first kappa shape index (κ1) is 16.0. The average Bonchev–Trinajstić information content (AvgIpc) is 2.45. The normalized spacial score (nSPS) is 18.0. The van der Waals surface area contributed by atoms with Gasteiger partial charge in [-0.2, -0.15) is 0 Å². The molecule has 0 amide bonds. The quantitative estimate of drug-likeness (QED) is 0.710. The number of nitrogens with one attached hydrogen (secondary N) is 1. The molecule has 0 saturated heterocycles. The second-order valence-corrected chi connectivity index (χ2v) is 3.75. The summed E-state index contributed by atoms with van der Waals surface area (Å²) in [4.78, 5) is 23.9. The van der Waals surface area contributed by atoms with Crippen LogP contribution in [0.4, 0.5) is 0 Å². The third-order valence-electron chi connectivity index (χ3n) is 2.59. The summed E-state index contributed by atoms with van der Waals surface area (Å²) in [7, 11) is 2.78. The van der Waals surface area contributed by atoms with Gasteiger partial charge in [-0.1, -0.05) is 0 Å². The van der Waals surface area contributed by atoms with Crippen molar-refractivity contribution in [1.82, 2.24) is 5.32 Å². The fourth-order valence-electron chi connectivity index (χ4n) is 1.77. The molecular weight excluding hydrogens is 266 g/mol. The lowest BCUT2D eigenvalue weighted by Gasteiger charge is -2.26. The summed E-state index contributed by atoms with van der Waals surface area (Å²) >= 11 is 0. The van der Waals surface area contributed by atoms with E-state index in [2.05, 4.69) is 5.32 Å². The Morgan fingerprint density at radius 2 is 1.75 bits per heavy atom. The standard InChI is InChI=1S/C13H19NO6/c1-5-19-12(15)8-7-14-11(18-4)9(10(8)17-3)13(16)20-6-2/h7,10,14H,5-6H2,1-4H3. The molecule has 0 fully saturated rings. The lowest BCUT2D eigenvalue weighted by atomic mass is 10.00. The van der Waals surface area contributed by atoms with Crippen LogP contribution in [-0.2, 0) is 28.5 Å². The van der Waals surface area contributed by atoms with E-state index in [1.807, 2.05) is 0 Å². The molecule has 20 heavy (non-hydrogen) atoms. The van der Waals surface area contributed by atoms with Crippen LogP contribution in [-0.4, -0.2) is 45.5 Å². The second kappa shape index (κ2) is 7.54. The van der Waals surface area contributed by atoms with Gasteiger partial charge in [0.15, 0.2) is 0 Å². The minimum atomic E-state index is -0.899. The molecule has 1 heterocycles. The Hall–Kier alpha value is -2.02. The van der Waals surface area contributed by atoms with Crippen molar-refractivity contribution >= 4 is 11.9 Å². The Balaban J connectivity index is 3.11. The van der Waals surface area contributed by atoms with E-state index >= 15 is 0 Å². The van der Waals surface area contributed by atoms with E-state index in [9.17, 15) is 9.59 Å². The molecule has 0 saturated carbocycles. The van der Waals surface area contributed by atoms with Gasteiger partial charge in [-0.15, -0.1) is 0 Å². The van der Waals surface area contributed by atoms with Crippen molar-refractivity contribution in [3.63, 3.8) is 0 Å². The first-order chi connectivity index (χ1) is 9.60. The summed E-state index contributed by atoms with van der Waals surface area (Å²) in [6.07, 6.45) is 0.498. The molecule has 0 aromatic heterocycles. The first-order valence-corrected chi connectivity index (χ1v) is 6.22. The fourth-order valence-corrected chi connectivity index (χ4v) is 1.77. The van der Waals surface area contributed by atoms with Crippen LogP contribution >= 0.6 is 0 Å². The maximum Gasteiger partial charge on any atom is 0.342 e. The third kappa shape index (κ3) is 3.30. The Kier molecular flexibility index (Phi) is 6.05. The van der Waals surface area contributed by atoms with E-state index in [1.165, 1.54) is 20.4 Å². The zero-order valence-corrected chi connectivity index (χ0v) is 12.0. The zero-order chi connectivity index (χ0) is 15.1. The Labute approximate surface area is 117 Å². The van der Waals surface area contributed by atoms with Crippen LogP contribution in [0, 0.1) is 0 Å². The number of ether oxygens (including phenoxy) is 4. The van der Waals surface area contributed by atoms with Crippen molar-refractivity contribution < 1.29 is 28.5 Å². The fraction of sp³-hybridized carbons (Fsp3) is 0.538. The Morgan fingerprint density at radius 3 is 2.25 bits per heavy atom. The van der Waals surface area contributed by atoms with E-state index < -0.39 is 18.0 Å². The van der Waals surface area contributed by atoms with Crippen molar-refractivity contribution in [2.75, 3.05) is 27.4 Å². The van der Waals surface area contributed by atoms with E-state index in [4.69, 9.17) is 18.9 Å². The Morgan fingerprint density at radius 1 is 1.15 bits per heavy atom. The molecular formula is C13H19NO6. The highest BCUT2D eigenvalue weighted by Gasteiger charge is 2.36. The SMILES string of the molecule is CCOC(=O)C1=CNC(OC)=C(C(=O)OCC)C1OC. The number of esters is 2. The monoisotopic (exact) mass is 285 g/mol. The predicted molar refractivity (Wildman–Crippen MR) is 69.3 cm³/mol. The van der Waals surface area contributed by atoms with Gasteiger partial charge >= 0.3 is 11.9 Å². The number of methoxy groups -OCH3 is 2. The summed E-state index contributed by atoms with van der Waals surface area (Å²) < 4.78 is 20.2. The minimum absolute atomic E-state index is 0.0994. The molecule has 0 radical (unpaired) electrons. The predicted octanol–water partition coefficient (Wildman–Crippen LogP) is 0.473. The van der Waals surface area contributed by atoms with Crippen molar-refractivity contribution in [3.8, 4) is 0 Å². The van der Waals surface area contributed by atoms with Gasteiger partial charge in [-0.25, -0.2) is 9.59 Å². The largest absolute Gasteiger partial charge is 0.482 e. The molecule has 7 nitrogen and oxygen atoms in total. The van der Waals surface area contributed by atoms with Gasteiger partial charge in [0.2, 0.25) is 5.88 Å². The molecule has 112 valence electrons. The smallest absolute Gasteiger partial charge is 0.342 e. The molecule has 0 bridgehead atoms. The van der Waals surface area contributed by atoms with E-state index in [0.717, 1.165) is 0 Å². The molecule has 0 spiro atoms. The van der Waals surface area contributed by atoms with Gasteiger partial charge in [0.1, 0.15) is 11.7 Å². The van der Waals surface area contributed by atoms with Gasteiger partial charge in [-0.3, -0.25) is 0 Å². The van der Waals surface area contributed by atoms with Crippen LogP contribution in [0.5, 0.6) is 0 Å². The summed E-state index contributed by atoms with van der Waals surface area (Å²) in [6.45, 7) is 3.81. The number of hydrogen-bond acceptors (Lipinski definition) is 7. The van der Waals surface area contributed by atoms with E-state index in [-0.39, 0.29) is 30.2 Å². The summed E-state index contributed by atoms with van der Waals surface area (Å²) in [5.74, 6) is -0.995. The molecule has 1 unspecified atom stereocenters. The van der Waals surface area contributed by atoms with Crippen LogP contribution in [0.2, 0.25) is 0 Å². The second-order valence-electron chi connectivity index (χ2n) is 3.75.